The fourth-order valence-corrected chi connectivity index (χ4v) is 7.19. The molecule has 2 fully saturated rings. The van der Waals surface area contributed by atoms with Gasteiger partial charge in [-0.3, -0.25) is 4.79 Å². The SMILES string of the molecule is CC.CC=O.CCC1C(C)CC2C3CCC4=CC(=O)CCC4(C)C3=CCC12C. The fourth-order valence-electron chi connectivity index (χ4n) is 7.19. The molecule has 0 saturated heterocycles. The number of carbonyl (C=O) groups excluding carboxylic acids is 2. The van der Waals surface area contributed by atoms with Crippen molar-refractivity contribution in [3.05, 3.63) is 23.3 Å². The van der Waals surface area contributed by atoms with Crippen LogP contribution in [0.25, 0.3) is 0 Å². The van der Waals surface area contributed by atoms with Crippen LogP contribution in [0.1, 0.15) is 93.4 Å². The van der Waals surface area contributed by atoms with Crippen LogP contribution in [0.4, 0.5) is 0 Å². The van der Waals surface area contributed by atoms with Crippen LogP contribution in [0, 0.1) is 34.5 Å². The Balaban J connectivity index is 0.000000514. The number of carbonyl (C=O) groups is 2. The molecule has 0 aromatic rings. The van der Waals surface area contributed by atoms with E-state index >= 15 is 0 Å². The summed E-state index contributed by atoms with van der Waals surface area (Å²) < 4.78 is 0. The third-order valence-corrected chi connectivity index (χ3v) is 8.37. The first-order valence-corrected chi connectivity index (χ1v) is 11.7. The van der Waals surface area contributed by atoms with Gasteiger partial charge in [0.2, 0.25) is 0 Å². The predicted octanol–water partition coefficient (Wildman–Crippen LogP) is 6.94. The Kier molecular flexibility index (Phi) is 7.50. The number of rotatable bonds is 1. The van der Waals surface area contributed by atoms with Crippen LogP contribution in [0.15, 0.2) is 23.3 Å². The van der Waals surface area contributed by atoms with Crippen LogP contribution in [-0.4, -0.2) is 12.1 Å². The lowest BCUT2D eigenvalue weighted by molar-refractivity contribution is -0.115. The van der Waals surface area contributed by atoms with E-state index in [1.165, 1.54) is 38.2 Å². The van der Waals surface area contributed by atoms with E-state index in [0.717, 1.165) is 49.2 Å². The average molecular weight is 387 g/mol. The van der Waals surface area contributed by atoms with E-state index in [9.17, 15) is 4.79 Å². The first-order chi connectivity index (χ1) is 13.3. The smallest absolute Gasteiger partial charge is 0.155 e. The predicted molar refractivity (Wildman–Crippen MR) is 118 cm³/mol. The van der Waals surface area contributed by atoms with Gasteiger partial charge in [0.1, 0.15) is 6.29 Å². The Morgan fingerprint density at radius 1 is 1.21 bits per heavy atom. The molecule has 0 N–H and O–H groups in total. The molecule has 0 aromatic heterocycles. The van der Waals surface area contributed by atoms with E-state index in [1.54, 1.807) is 5.57 Å². The largest absolute Gasteiger partial charge is 0.304 e. The molecule has 4 aliphatic rings. The Morgan fingerprint density at radius 3 is 2.46 bits per heavy atom. The van der Waals surface area contributed by atoms with E-state index in [4.69, 9.17) is 4.79 Å². The number of hydrogen-bond donors (Lipinski definition) is 0. The summed E-state index contributed by atoms with van der Waals surface area (Å²) in [7, 11) is 0. The van der Waals surface area contributed by atoms with Gasteiger partial charge in [0, 0.05) is 11.8 Å². The third-order valence-electron chi connectivity index (χ3n) is 8.37. The van der Waals surface area contributed by atoms with Crippen molar-refractivity contribution in [1.29, 1.82) is 0 Å². The van der Waals surface area contributed by atoms with Gasteiger partial charge in [0.05, 0.1) is 0 Å². The minimum Gasteiger partial charge on any atom is -0.304 e. The number of aldehydes is 1. The van der Waals surface area contributed by atoms with Crippen LogP contribution in [-0.2, 0) is 9.59 Å². The van der Waals surface area contributed by atoms with Gasteiger partial charge < -0.3 is 4.79 Å². The summed E-state index contributed by atoms with van der Waals surface area (Å²) >= 11 is 0. The monoisotopic (exact) mass is 386 g/mol. The second-order valence-electron chi connectivity index (χ2n) is 9.55. The Morgan fingerprint density at radius 2 is 1.86 bits per heavy atom. The molecule has 0 radical (unpaired) electrons. The maximum Gasteiger partial charge on any atom is 0.155 e. The van der Waals surface area contributed by atoms with Crippen molar-refractivity contribution >= 4 is 12.1 Å². The summed E-state index contributed by atoms with van der Waals surface area (Å²) in [6.07, 6.45) is 13.6. The summed E-state index contributed by atoms with van der Waals surface area (Å²) in [6, 6.07) is 0. The molecule has 28 heavy (non-hydrogen) atoms. The molecule has 2 saturated carbocycles. The Hall–Kier alpha value is -1.18. The van der Waals surface area contributed by atoms with Gasteiger partial charge >= 0.3 is 0 Å². The Labute approximate surface area is 173 Å². The lowest BCUT2D eigenvalue weighted by atomic mass is 9.51. The van der Waals surface area contributed by atoms with Gasteiger partial charge in [-0.25, -0.2) is 0 Å². The number of fused-ring (bicyclic) bond motifs is 5. The summed E-state index contributed by atoms with van der Waals surface area (Å²) in [5.41, 5.74) is 3.88. The van der Waals surface area contributed by atoms with Crippen LogP contribution in [0.3, 0.4) is 0 Å². The Bertz CT molecular complexity index is 643. The van der Waals surface area contributed by atoms with Crippen molar-refractivity contribution in [2.45, 2.75) is 93.4 Å². The quantitative estimate of drug-likeness (QED) is 0.361. The third kappa shape index (κ3) is 3.68. The molecule has 0 bridgehead atoms. The minimum absolute atomic E-state index is 0.200. The molecule has 4 rings (SSSR count). The first-order valence-electron chi connectivity index (χ1n) is 11.7. The zero-order chi connectivity index (χ0) is 21.1. The maximum absolute atomic E-state index is 11.9. The zero-order valence-corrected chi connectivity index (χ0v) is 19.3. The fraction of sp³-hybridized carbons (Fsp3) is 0.769. The molecule has 158 valence electrons. The molecule has 6 atom stereocenters. The number of allylic oxidation sites excluding steroid dienone is 4. The van der Waals surface area contributed by atoms with Crippen molar-refractivity contribution in [3.63, 3.8) is 0 Å². The number of hydrogen-bond acceptors (Lipinski definition) is 2. The van der Waals surface area contributed by atoms with Gasteiger partial charge in [-0.05, 0) is 74.2 Å². The average Bonchev–Trinajstić information content (AvgIpc) is 2.94. The van der Waals surface area contributed by atoms with Crippen LogP contribution in [0.2, 0.25) is 0 Å². The molecule has 0 amide bonds. The highest BCUT2D eigenvalue weighted by atomic mass is 16.1. The van der Waals surface area contributed by atoms with Crippen molar-refractivity contribution in [2.24, 2.45) is 34.5 Å². The van der Waals surface area contributed by atoms with Gasteiger partial charge in [0.15, 0.2) is 5.78 Å². The van der Waals surface area contributed by atoms with E-state index in [0.29, 0.717) is 11.2 Å². The molecular formula is C26H42O2. The molecule has 0 aromatic carbocycles. The van der Waals surface area contributed by atoms with Gasteiger partial charge in [-0.2, -0.15) is 0 Å². The normalized spacial score (nSPS) is 40.9. The molecular weight excluding hydrogens is 344 g/mol. The van der Waals surface area contributed by atoms with Crippen LogP contribution in [0.5, 0.6) is 0 Å². The standard InChI is InChI=1S/C22H32O.C2H4O.C2H6/c1-5-18-14(2)12-20-17-7-6-15-13-16(23)8-10-21(15,3)19(17)9-11-22(18,20)4;1-2-3;1-2/h9,13-14,17-18,20H,5-8,10-12H2,1-4H3;2H,1H3;1-2H3. The van der Waals surface area contributed by atoms with Gasteiger partial charge in [0.25, 0.3) is 0 Å². The summed E-state index contributed by atoms with van der Waals surface area (Å²) in [5.74, 6) is 3.78. The van der Waals surface area contributed by atoms with E-state index in [1.807, 2.05) is 19.9 Å². The highest BCUT2D eigenvalue weighted by Gasteiger charge is 2.57. The highest BCUT2D eigenvalue weighted by Crippen LogP contribution is 2.66. The first kappa shape index (κ1) is 23.1. The molecule has 0 heterocycles. The minimum atomic E-state index is 0.200. The zero-order valence-electron chi connectivity index (χ0n) is 19.3. The van der Waals surface area contributed by atoms with Crippen molar-refractivity contribution in [3.8, 4) is 0 Å². The summed E-state index contributed by atoms with van der Waals surface area (Å²) in [4.78, 5) is 20.7. The summed E-state index contributed by atoms with van der Waals surface area (Å²) in [5, 5.41) is 0. The van der Waals surface area contributed by atoms with E-state index in [-0.39, 0.29) is 5.41 Å². The van der Waals surface area contributed by atoms with E-state index < -0.39 is 0 Å². The second-order valence-corrected chi connectivity index (χ2v) is 9.55. The van der Waals surface area contributed by atoms with Gasteiger partial charge in [-0.1, -0.05) is 65.2 Å². The summed E-state index contributed by atoms with van der Waals surface area (Å²) in [6.45, 7) is 15.3. The van der Waals surface area contributed by atoms with E-state index in [2.05, 4.69) is 33.8 Å². The molecule has 6 unspecified atom stereocenters. The molecule has 4 aliphatic carbocycles. The van der Waals surface area contributed by atoms with Crippen molar-refractivity contribution in [1.82, 2.24) is 0 Å². The number of ketones is 1. The molecule has 2 nitrogen and oxygen atoms in total. The van der Waals surface area contributed by atoms with Crippen molar-refractivity contribution in [2.75, 3.05) is 0 Å². The highest BCUT2D eigenvalue weighted by molar-refractivity contribution is 5.92. The molecule has 0 spiro atoms. The topological polar surface area (TPSA) is 34.1 Å². The maximum atomic E-state index is 11.9. The van der Waals surface area contributed by atoms with Crippen molar-refractivity contribution < 1.29 is 9.59 Å². The van der Waals surface area contributed by atoms with Gasteiger partial charge in [-0.15, -0.1) is 0 Å². The van der Waals surface area contributed by atoms with Crippen LogP contribution < -0.4 is 0 Å². The molecule has 0 aliphatic heterocycles. The van der Waals surface area contributed by atoms with Crippen LogP contribution >= 0.6 is 0 Å². The lowest BCUT2D eigenvalue weighted by Gasteiger charge is -2.53. The second kappa shape index (κ2) is 9.09. The lowest BCUT2D eigenvalue weighted by Crippen LogP contribution is -2.44. The molecule has 2 heteroatoms.